The molecule has 2 aromatic rings. The molecule has 2 unspecified atom stereocenters. The Bertz CT molecular complexity index is 1070. The van der Waals surface area contributed by atoms with Gasteiger partial charge in [0.15, 0.2) is 35.0 Å². The number of ether oxygens (including phenoxy) is 1. The standard InChI is InChI=1S/C20H8N2O5/c21-7-15-17(23)11-3-1-9(5-13(11)19(15)25)27-10-2-4-12-14(6-10)20(26)16(8-22)18(12)24/h1-6,15-16H. The van der Waals surface area contributed by atoms with Gasteiger partial charge >= 0.3 is 0 Å². The average molecular weight is 356 g/mol. The summed E-state index contributed by atoms with van der Waals surface area (Å²) < 4.78 is 5.64. The minimum absolute atomic E-state index is 0.112. The number of Topliss-reactive ketones (excluding diaryl/α,β-unsaturated/α-hetero) is 4. The fourth-order valence-corrected chi connectivity index (χ4v) is 3.24. The van der Waals surface area contributed by atoms with E-state index >= 15 is 0 Å². The summed E-state index contributed by atoms with van der Waals surface area (Å²) in [5.74, 6) is -4.40. The molecule has 4 rings (SSSR count). The predicted molar refractivity (Wildman–Crippen MR) is 88.5 cm³/mol. The molecule has 0 spiro atoms. The number of rotatable bonds is 2. The Kier molecular flexibility index (Phi) is 3.47. The largest absolute Gasteiger partial charge is 0.457 e. The Balaban J connectivity index is 1.67. The van der Waals surface area contributed by atoms with Crippen molar-refractivity contribution in [3.8, 4) is 23.6 Å². The van der Waals surface area contributed by atoms with Crippen molar-refractivity contribution in [2.75, 3.05) is 0 Å². The summed E-state index contributed by atoms with van der Waals surface area (Å²) in [7, 11) is 0. The molecule has 0 bridgehead atoms. The van der Waals surface area contributed by atoms with Crippen LogP contribution in [-0.2, 0) is 0 Å². The van der Waals surface area contributed by atoms with Gasteiger partial charge in [0.2, 0.25) is 0 Å². The molecule has 0 amide bonds. The van der Waals surface area contributed by atoms with E-state index in [9.17, 15) is 19.2 Å². The molecule has 0 aromatic heterocycles. The van der Waals surface area contributed by atoms with Crippen LogP contribution in [0, 0.1) is 34.5 Å². The molecule has 0 heterocycles. The van der Waals surface area contributed by atoms with Gasteiger partial charge < -0.3 is 4.74 Å². The number of hydrogen-bond acceptors (Lipinski definition) is 7. The van der Waals surface area contributed by atoms with Crippen LogP contribution in [0.15, 0.2) is 36.4 Å². The average Bonchev–Trinajstić information content (AvgIpc) is 3.05. The normalized spacial score (nSPS) is 20.1. The molecule has 27 heavy (non-hydrogen) atoms. The first kappa shape index (κ1) is 16.4. The second-order valence-corrected chi connectivity index (χ2v) is 6.10. The lowest BCUT2D eigenvalue weighted by Crippen LogP contribution is -2.11. The third-order valence-corrected chi connectivity index (χ3v) is 4.59. The fourth-order valence-electron chi connectivity index (χ4n) is 3.24. The number of fused-ring (bicyclic) bond motifs is 2. The van der Waals surface area contributed by atoms with Crippen LogP contribution in [0.4, 0.5) is 0 Å². The molecule has 0 fully saturated rings. The molecule has 2 aliphatic carbocycles. The monoisotopic (exact) mass is 356 g/mol. The van der Waals surface area contributed by atoms with Crippen LogP contribution in [0.1, 0.15) is 41.4 Å². The molecule has 2 aromatic carbocycles. The Labute approximate surface area is 152 Å². The Hall–Kier alpha value is -4.10. The van der Waals surface area contributed by atoms with Crippen molar-refractivity contribution in [2.24, 2.45) is 11.8 Å². The van der Waals surface area contributed by atoms with Crippen molar-refractivity contribution < 1.29 is 23.9 Å². The van der Waals surface area contributed by atoms with Crippen molar-refractivity contribution in [1.82, 2.24) is 0 Å². The van der Waals surface area contributed by atoms with Crippen molar-refractivity contribution in [3.05, 3.63) is 58.7 Å². The first-order valence-electron chi connectivity index (χ1n) is 7.88. The number of ketones is 4. The zero-order valence-electron chi connectivity index (χ0n) is 13.6. The van der Waals surface area contributed by atoms with E-state index in [0.717, 1.165) is 0 Å². The van der Waals surface area contributed by atoms with E-state index in [4.69, 9.17) is 15.3 Å². The molecule has 0 radical (unpaired) electrons. The zero-order valence-corrected chi connectivity index (χ0v) is 13.6. The lowest BCUT2D eigenvalue weighted by Gasteiger charge is -2.08. The van der Waals surface area contributed by atoms with E-state index in [-0.39, 0.29) is 33.8 Å². The molecule has 0 N–H and O–H groups in total. The highest BCUT2D eigenvalue weighted by Crippen LogP contribution is 2.34. The zero-order chi connectivity index (χ0) is 19.3. The Morgan fingerprint density at radius 2 is 1.00 bits per heavy atom. The minimum atomic E-state index is -1.33. The lowest BCUT2D eigenvalue weighted by atomic mass is 10.1. The highest BCUT2D eigenvalue weighted by molar-refractivity contribution is 6.28. The van der Waals surface area contributed by atoms with E-state index in [0.29, 0.717) is 0 Å². The SMILES string of the molecule is N#CC1C(=O)c2ccc(Oc3ccc4c(c3)C(=O)C(C#N)C4=O)cc2C1=O. The van der Waals surface area contributed by atoms with Gasteiger partial charge in [-0.25, -0.2) is 0 Å². The summed E-state index contributed by atoms with van der Waals surface area (Å²) in [6.07, 6.45) is 0. The number of nitriles is 2. The van der Waals surface area contributed by atoms with Crippen molar-refractivity contribution in [2.45, 2.75) is 0 Å². The van der Waals surface area contributed by atoms with Gasteiger partial charge in [0.1, 0.15) is 11.5 Å². The second-order valence-electron chi connectivity index (χ2n) is 6.10. The summed E-state index contributed by atoms with van der Waals surface area (Å²) in [4.78, 5) is 48.2. The molecule has 0 saturated heterocycles. The van der Waals surface area contributed by atoms with Crippen molar-refractivity contribution >= 4 is 23.1 Å². The number of hydrogen-bond donors (Lipinski definition) is 0. The highest BCUT2D eigenvalue weighted by atomic mass is 16.5. The third-order valence-electron chi connectivity index (χ3n) is 4.59. The van der Waals surface area contributed by atoms with E-state index < -0.39 is 35.0 Å². The maximum Gasteiger partial charge on any atom is 0.188 e. The number of carbonyl (C=O) groups is 4. The van der Waals surface area contributed by atoms with E-state index in [2.05, 4.69) is 0 Å². The van der Waals surface area contributed by atoms with Crippen LogP contribution >= 0.6 is 0 Å². The van der Waals surface area contributed by atoms with Crippen LogP contribution < -0.4 is 4.74 Å². The third kappa shape index (κ3) is 2.26. The first-order chi connectivity index (χ1) is 13.0. The van der Waals surface area contributed by atoms with Gasteiger partial charge in [-0.15, -0.1) is 0 Å². The van der Waals surface area contributed by atoms with Crippen LogP contribution in [0.3, 0.4) is 0 Å². The van der Waals surface area contributed by atoms with Crippen molar-refractivity contribution in [3.63, 3.8) is 0 Å². The molecule has 0 saturated carbocycles. The van der Waals surface area contributed by atoms with Crippen molar-refractivity contribution in [1.29, 1.82) is 10.5 Å². The van der Waals surface area contributed by atoms with Gasteiger partial charge in [-0.1, -0.05) is 0 Å². The lowest BCUT2D eigenvalue weighted by molar-refractivity contribution is 0.0860. The van der Waals surface area contributed by atoms with E-state index in [1.807, 2.05) is 0 Å². The topological polar surface area (TPSA) is 125 Å². The smallest absolute Gasteiger partial charge is 0.188 e. The predicted octanol–water partition coefficient (Wildman–Crippen LogP) is 2.52. The van der Waals surface area contributed by atoms with Gasteiger partial charge in [0.25, 0.3) is 0 Å². The van der Waals surface area contributed by atoms with Gasteiger partial charge in [-0.05, 0) is 36.4 Å². The highest BCUT2D eigenvalue weighted by Gasteiger charge is 2.40. The summed E-state index contributed by atoms with van der Waals surface area (Å²) in [6, 6.07) is 11.9. The number of carbonyl (C=O) groups excluding carboxylic acids is 4. The summed E-state index contributed by atoms with van der Waals surface area (Å²) in [5, 5.41) is 17.9. The Morgan fingerprint density at radius 3 is 1.37 bits per heavy atom. The van der Waals surface area contributed by atoms with Crippen LogP contribution in [0.5, 0.6) is 11.5 Å². The van der Waals surface area contributed by atoms with Gasteiger partial charge in [0, 0.05) is 22.3 Å². The summed E-state index contributed by atoms with van der Waals surface area (Å²) in [5.41, 5.74) is 0.568. The maximum atomic E-state index is 12.1. The molecule has 0 aliphatic heterocycles. The summed E-state index contributed by atoms with van der Waals surface area (Å²) >= 11 is 0. The quantitative estimate of drug-likeness (QED) is 0.757. The number of benzene rings is 2. The molecule has 7 nitrogen and oxygen atoms in total. The molecule has 2 atom stereocenters. The second kappa shape index (κ2) is 5.72. The van der Waals surface area contributed by atoms with Crippen LogP contribution in [0.25, 0.3) is 0 Å². The maximum absolute atomic E-state index is 12.1. The van der Waals surface area contributed by atoms with Gasteiger partial charge in [0.05, 0.1) is 12.1 Å². The van der Waals surface area contributed by atoms with Gasteiger partial charge in [-0.2, -0.15) is 10.5 Å². The van der Waals surface area contributed by atoms with E-state index in [1.54, 1.807) is 12.1 Å². The first-order valence-corrected chi connectivity index (χ1v) is 7.88. The minimum Gasteiger partial charge on any atom is -0.457 e. The fraction of sp³-hybridized carbons (Fsp3) is 0.100. The molecule has 128 valence electrons. The van der Waals surface area contributed by atoms with Crippen LogP contribution in [-0.4, -0.2) is 23.1 Å². The van der Waals surface area contributed by atoms with Crippen LogP contribution in [0.2, 0.25) is 0 Å². The van der Waals surface area contributed by atoms with E-state index in [1.165, 1.54) is 36.4 Å². The number of nitrogens with zero attached hydrogens (tertiary/aromatic N) is 2. The summed E-state index contributed by atoms with van der Waals surface area (Å²) in [6.45, 7) is 0. The molecular weight excluding hydrogens is 348 g/mol. The molecular formula is C20H8N2O5. The molecule has 7 heteroatoms. The Morgan fingerprint density at radius 1 is 0.630 bits per heavy atom. The van der Waals surface area contributed by atoms with Gasteiger partial charge in [-0.3, -0.25) is 19.2 Å². The molecule has 2 aliphatic rings.